The highest BCUT2D eigenvalue weighted by Crippen LogP contribution is 2.29. The molecule has 3 nitrogen and oxygen atoms in total. The molecule has 70 valence electrons. The molecule has 3 heteroatoms. The monoisotopic (exact) mass is 170 g/mol. The predicted octanol–water partition coefficient (Wildman–Crippen LogP) is 0.592. The predicted molar refractivity (Wildman–Crippen MR) is 48.6 cm³/mol. The summed E-state index contributed by atoms with van der Waals surface area (Å²) >= 11 is 0. The van der Waals surface area contributed by atoms with Gasteiger partial charge in [0.15, 0.2) is 0 Å². The first kappa shape index (κ1) is 9.52. The summed E-state index contributed by atoms with van der Waals surface area (Å²) < 4.78 is 0. The van der Waals surface area contributed by atoms with Gasteiger partial charge in [-0.05, 0) is 32.6 Å². The summed E-state index contributed by atoms with van der Waals surface area (Å²) in [6.07, 6.45) is 2.56. The Balaban J connectivity index is 2.36. The second kappa shape index (κ2) is 3.90. The number of nitrogens with two attached hydrogens (primary N) is 1. The third-order valence-electron chi connectivity index (χ3n) is 2.26. The van der Waals surface area contributed by atoms with E-state index in [-0.39, 0.29) is 11.9 Å². The summed E-state index contributed by atoms with van der Waals surface area (Å²) in [5, 5.41) is 0. The summed E-state index contributed by atoms with van der Waals surface area (Å²) in [6, 6.07) is -0.344. The molecule has 1 amide bonds. The standard InChI is InChI=1S/C9H18N2O/c1-3-11(6-8-4-5-8)9(12)7(2)10/h7-8H,3-6,10H2,1-2H3. The number of nitrogens with zero attached hydrogens (tertiary/aromatic N) is 1. The second-order valence-electron chi connectivity index (χ2n) is 3.61. The molecule has 1 aliphatic carbocycles. The number of carbonyl (C=O) groups excluding carboxylic acids is 1. The Labute approximate surface area is 73.9 Å². The van der Waals surface area contributed by atoms with E-state index in [4.69, 9.17) is 5.73 Å². The summed E-state index contributed by atoms with van der Waals surface area (Å²) in [5.41, 5.74) is 5.52. The van der Waals surface area contributed by atoms with Crippen LogP contribution in [0.25, 0.3) is 0 Å². The van der Waals surface area contributed by atoms with E-state index in [0.29, 0.717) is 0 Å². The lowest BCUT2D eigenvalue weighted by Crippen LogP contribution is -2.42. The van der Waals surface area contributed by atoms with Crippen molar-refractivity contribution >= 4 is 5.91 Å². The van der Waals surface area contributed by atoms with Gasteiger partial charge >= 0.3 is 0 Å². The molecule has 1 atom stereocenters. The fraction of sp³-hybridized carbons (Fsp3) is 0.889. The highest BCUT2D eigenvalue weighted by molar-refractivity contribution is 5.81. The molecule has 1 rings (SSSR count). The van der Waals surface area contributed by atoms with Gasteiger partial charge in [0.25, 0.3) is 0 Å². The zero-order valence-electron chi connectivity index (χ0n) is 7.92. The van der Waals surface area contributed by atoms with Gasteiger partial charge in [-0.2, -0.15) is 0 Å². The summed E-state index contributed by atoms with van der Waals surface area (Å²) in [4.78, 5) is 13.3. The Morgan fingerprint density at radius 3 is 2.58 bits per heavy atom. The third kappa shape index (κ3) is 2.48. The average molecular weight is 170 g/mol. The Hall–Kier alpha value is -0.570. The van der Waals surface area contributed by atoms with Crippen LogP contribution in [0.15, 0.2) is 0 Å². The topological polar surface area (TPSA) is 46.3 Å². The van der Waals surface area contributed by atoms with Crippen molar-refractivity contribution in [2.24, 2.45) is 11.7 Å². The minimum absolute atomic E-state index is 0.0874. The highest BCUT2D eigenvalue weighted by atomic mass is 16.2. The Kier molecular flexibility index (Phi) is 3.09. The summed E-state index contributed by atoms with van der Waals surface area (Å²) in [6.45, 7) is 5.45. The SMILES string of the molecule is CCN(CC1CC1)C(=O)C(C)N. The van der Waals surface area contributed by atoms with Gasteiger partial charge in [0, 0.05) is 13.1 Å². The average Bonchev–Trinajstić information content (AvgIpc) is 2.82. The first-order valence-electron chi connectivity index (χ1n) is 4.69. The van der Waals surface area contributed by atoms with Crippen LogP contribution in [0.2, 0.25) is 0 Å². The highest BCUT2D eigenvalue weighted by Gasteiger charge is 2.26. The van der Waals surface area contributed by atoms with Crippen LogP contribution in [-0.4, -0.2) is 29.9 Å². The molecule has 2 N–H and O–H groups in total. The first-order valence-corrected chi connectivity index (χ1v) is 4.69. The van der Waals surface area contributed by atoms with Crippen molar-refractivity contribution in [3.05, 3.63) is 0 Å². The number of carbonyl (C=O) groups is 1. The van der Waals surface area contributed by atoms with Crippen molar-refractivity contribution in [1.29, 1.82) is 0 Å². The number of hydrogen-bond donors (Lipinski definition) is 1. The van der Waals surface area contributed by atoms with Crippen LogP contribution >= 0.6 is 0 Å². The fourth-order valence-corrected chi connectivity index (χ4v) is 1.27. The van der Waals surface area contributed by atoms with Gasteiger partial charge in [-0.1, -0.05) is 0 Å². The molecular weight excluding hydrogens is 152 g/mol. The minimum atomic E-state index is -0.344. The van der Waals surface area contributed by atoms with Gasteiger partial charge in [-0.3, -0.25) is 4.79 Å². The lowest BCUT2D eigenvalue weighted by molar-refractivity contribution is -0.132. The molecular formula is C9H18N2O. The Morgan fingerprint density at radius 2 is 2.25 bits per heavy atom. The quantitative estimate of drug-likeness (QED) is 0.671. The normalized spacial score (nSPS) is 18.9. The number of likely N-dealkylation sites (N-methyl/N-ethyl adjacent to an activating group) is 1. The molecule has 1 aliphatic rings. The fourth-order valence-electron chi connectivity index (χ4n) is 1.27. The van der Waals surface area contributed by atoms with Gasteiger partial charge in [0.2, 0.25) is 5.91 Å². The maximum Gasteiger partial charge on any atom is 0.239 e. The van der Waals surface area contributed by atoms with E-state index in [0.717, 1.165) is 19.0 Å². The first-order chi connectivity index (χ1) is 5.65. The molecule has 0 aromatic carbocycles. The van der Waals surface area contributed by atoms with Gasteiger partial charge in [-0.15, -0.1) is 0 Å². The molecule has 0 spiro atoms. The molecule has 1 saturated carbocycles. The van der Waals surface area contributed by atoms with Gasteiger partial charge in [0.05, 0.1) is 6.04 Å². The van der Waals surface area contributed by atoms with E-state index < -0.39 is 0 Å². The van der Waals surface area contributed by atoms with Crippen LogP contribution in [0.3, 0.4) is 0 Å². The smallest absolute Gasteiger partial charge is 0.239 e. The van der Waals surface area contributed by atoms with E-state index >= 15 is 0 Å². The van der Waals surface area contributed by atoms with E-state index in [1.165, 1.54) is 12.8 Å². The van der Waals surface area contributed by atoms with E-state index in [1.807, 2.05) is 11.8 Å². The molecule has 0 saturated heterocycles. The minimum Gasteiger partial charge on any atom is -0.341 e. The van der Waals surface area contributed by atoms with E-state index in [9.17, 15) is 4.79 Å². The van der Waals surface area contributed by atoms with Gasteiger partial charge in [-0.25, -0.2) is 0 Å². The molecule has 0 aromatic heterocycles. The number of amides is 1. The second-order valence-corrected chi connectivity index (χ2v) is 3.61. The van der Waals surface area contributed by atoms with Crippen LogP contribution in [0.4, 0.5) is 0 Å². The van der Waals surface area contributed by atoms with Crippen LogP contribution in [-0.2, 0) is 4.79 Å². The van der Waals surface area contributed by atoms with Crippen molar-refractivity contribution in [3.8, 4) is 0 Å². The molecule has 0 heterocycles. The van der Waals surface area contributed by atoms with Crippen LogP contribution in [0.5, 0.6) is 0 Å². The van der Waals surface area contributed by atoms with Crippen molar-refractivity contribution in [1.82, 2.24) is 4.90 Å². The largest absolute Gasteiger partial charge is 0.341 e. The Morgan fingerprint density at radius 1 is 1.67 bits per heavy atom. The summed E-state index contributed by atoms with van der Waals surface area (Å²) in [5.74, 6) is 0.844. The van der Waals surface area contributed by atoms with Crippen molar-refractivity contribution < 1.29 is 4.79 Å². The molecule has 0 aromatic rings. The van der Waals surface area contributed by atoms with E-state index in [1.54, 1.807) is 6.92 Å². The van der Waals surface area contributed by atoms with Gasteiger partial charge < -0.3 is 10.6 Å². The molecule has 0 radical (unpaired) electrons. The lowest BCUT2D eigenvalue weighted by Gasteiger charge is -2.22. The van der Waals surface area contributed by atoms with Crippen LogP contribution in [0, 0.1) is 5.92 Å². The molecule has 12 heavy (non-hydrogen) atoms. The number of hydrogen-bond acceptors (Lipinski definition) is 2. The van der Waals surface area contributed by atoms with Gasteiger partial charge in [0.1, 0.15) is 0 Å². The van der Waals surface area contributed by atoms with Crippen LogP contribution < -0.4 is 5.73 Å². The third-order valence-corrected chi connectivity index (χ3v) is 2.26. The van der Waals surface area contributed by atoms with Crippen molar-refractivity contribution in [3.63, 3.8) is 0 Å². The Bertz CT molecular complexity index is 164. The lowest BCUT2D eigenvalue weighted by atomic mass is 10.2. The van der Waals surface area contributed by atoms with Crippen LogP contribution in [0.1, 0.15) is 26.7 Å². The molecule has 0 aliphatic heterocycles. The zero-order chi connectivity index (χ0) is 9.14. The van der Waals surface area contributed by atoms with Crippen molar-refractivity contribution in [2.45, 2.75) is 32.7 Å². The van der Waals surface area contributed by atoms with E-state index in [2.05, 4.69) is 0 Å². The van der Waals surface area contributed by atoms with Crippen molar-refractivity contribution in [2.75, 3.05) is 13.1 Å². The maximum absolute atomic E-state index is 11.4. The maximum atomic E-state index is 11.4. The molecule has 1 unspecified atom stereocenters. The zero-order valence-corrected chi connectivity index (χ0v) is 7.92. The molecule has 1 fully saturated rings. The summed E-state index contributed by atoms with van der Waals surface area (Å²) in [7, 11) is 0. The number of rotatable bonds is 4. The molecule has 0 bridgehead atoms.